The Labute approximate surface area is 209 Å². The number of aromatic nitrogens is 3. The van der Waals surface area contributed by atoms with Crippen LogP contribution in [0.1, 0.15) is 57.2 Å². The number of nitrogens with zero attached hydrogens (tertiary/aromatic N) is 4. The van der Waals surface area contributed by atoms with Crippen molar-refractivity contribution in [2.24, 2.45) is 0 Å². The van der Waals surface area contributed by atoms with Gasteiger partial charge in [-0.2, -0.15) is 14.0 Å². The van der Waals surface area contributed by atoms with E-state index in [4.69, 9.17) is 9.16 Å². The summed E-state index contributed by atoms with van der Waals surface area (Å²) < 4.78 is 22.7. The molecule has 1 fully saturated rings. The van der Waals surface area contributed by atoms with Gasteiger partial charge in [-0.1, -0.05) is 20.8 Å². The van der Waals surface area contributed by atoms with Crippen LogP contribution in [-0.4, -0.2) is 49.7 Å². The first kappa shape index (κ1) is 24.2. The molecule has 35 heavy (non-hydrogen) atoms. The molecule has 0 spiro atoms. The van der Waals surface area contributed by atoms with E-state index in [0.29, 0.717) is 46.4 Å². The van der Waals surface area contributed by atoms with Crippen molar-refractivity contribution in [3.63, 3.8) is 0 Å². The Bertz CT molecular complexity index is 1390. The molecule has 3 atom stereocenters. The van der Waals surface area contributed by atoms with Crippen LogP contribution in [0.15, 0.2) is 12.1 Å². The zero-order chi connectivity index (χ0) is 25.6. The number of rotatable bonds is 5. The second-order valence-electron chi connectivity index (χ2n) is 11.2. The van der Waals surface area contributed by atoms with E-state index >= 15 is 0 Å². The third kappa shape index (κ3) is 3.21. The quantitative estimate of drug-likeness (QED) is 0.427. The van der Waals surface area contributed by atoms with Gasteiger partial charge in [0.1, 0.15) is 28.3 Å². The molecule has 2 aromatic heterocycles. The van der Waals surface area contributed by atoms with E-state index in [0.717, 1.165) is 11.7 Å². The molecule has 5 rings (SSSR count). The molecule has 1 saturated heterocycles. The smallest absolute Gasteiger partial charge is 0.205 e. The predicted octanol–water partition coefficient (Wildman–Crippen LogP) is 4.38. The maximum atomic E-state index is 11.5. The summed E-state index contributed by atoms with van der Waals surface area (Å²) in [6.07, 6.45) is -0.141. The standard InChI is InChI=1S/C24H30N4O5SSi/c1-22(2,3)35(5,6)32-10-9-24-11-15(29)23(4,33-24)16-17(24)21(31)28(20(16)30)14-8-7-13(12-25)18-19(14)27-34-26-18/h7-8,15,29-31H,9-11H2,1-6H3/t15-,23?,24?/m0/s1. The summed E-state index contributed by atoms with van der Waals surface area (Å²) in [5.74, 6) is -0.385. The van der Waals surface area contributed by atoms with Crippen LogP contribution in [0.4, 0.5) is 0 Å². The van der Waals surface area contributed by atoms with Gasteiger partial charge in [-0.25, -0.2) is 4.57 Å². The van der Waals surface area contributed by atoms with E-state index < -0.39 is 25.6 Å². The van der Waals surface area contributed by atoms with Crippen molar-refractivity contribution in [3.8, 4) is 23.5 Å². The summed E-state index contributed by atoms with van der Waals surface area (Å²) in [4.78, 5) is 0. The largest absolute Gasteiger partial charge is 0.494 e. The van der Waals surface area contributed by atoms with Crippen molar-refractivity contribution in [3.05, 3.63) is 28.8 Å². The van der Waals surface area contributed by atoms with Crippen LogP contribution in [0.5, 0.6) is 11.8 Å². The molecular formula is C24H30N4O5SSi. The van der Waals surface area contributed by atoms with Gasteiger partial charge in [0.05, 0.1) is 40.2 Å². The zero-order valence-corrected chi connectivity index (χ0v) is 22.5. The molecule has 0 amide bonds. The van der Waals surface area contributed by atoms with Crippen molar-refractivity contribution in [1.29, 1.82) is 5.26 Å². The van der Waals surface area contributed by atoms with Gasteiger partial charge in [-0.3, -0.25) is 0 Å². The Hall–Kier alpha value is -2.49. The number of benzene rings is 1. The van der Waals surface area contributed by atoms with Gasteiger partial charge in [0.2, 0.25) is 11.8 Å². The van der Waals surface area contributed by atoms with Crippen LogP contribution in [-0.2, 0) is 20.4 Å². The highest BCUT2D eigenvalue weighted by molar-refractivity contribution is 7.00. The van der Waals surface area contributed by atoms with Crippen molar-refractivity contribution < 1.29 is 24.5 Å². The second kappa shape index (κ2) is 7.50. The SMILES string of the molecule is CC12OC(CCO[Si](C)(C)C(C)(C)C)(C[C@@H]1O)c1c2c(O)n(-c2ccc(C#N)c3nsnc23)c1O. The average Bonchev–Trinajstić information content (AvgIpc) is 3.47. The van der Waals surface area contributed by atoms with Gasteiger partial charge in [-0.05, 0) is 37.2 Å². The van der Waals surface area contributed by atoms with Crippen LogP contribution >= 0.6 is 11.7 Å². The minimum atomic E-state index is -2.02. The summed E-state index contributed by atoms with van der Waals surface area (Å²) >= 11 is 0.956. The maximum Gasteiger partial charge on any atom is 0.205 e. The Morgan fingerprint density at radius 1 is 1.23 bits per heavy atom. The van der Waals surface area contributed by atoms with Gasteiger partial charge in [-0.15, -0.1) is 0 Å². The molecule has 11 heteroatoms. The lowest BCUT2D eigenvalue weighted by atomic mass is 9.76. The van der Waals surface area contributed by atoms with E-state index in [9.17, 15) is 20.6 Å². The number of fused-ring (bicyclic) bond motifs is 6. The predicted molar refractivity (Wildman–Crippen MR) is 133 cm³/mol. The summed E-state index contributed by atoms with van der Waals surface area (Å²) in [5.41, 5.74) is 0.261. The second-order valence-corrected chi connectivity index (χ2v) is 16.6. The molecule has 0 saturated carbocycles. The Kier molecular flexibility index (Phi) is 5.19. The van der Waals surface area contributed by atoms with Gasteiger partial charge >= 0.3 is 0 Å². The lowest BCUT2D eigenvalue weighted by Gasteiger charge is -2.37. The number of ether oxygens (including phenoxy) is 1. The molecule has 3 aromatic rings. The van der Waals surface area contributed by atoms with Crippen LogP contribution in [0.2, 0.25) is 18.1 Å². The van der Waals surface area contributed by atoms with Crippen molar-refractivity contribution in [2.45, 2.75) is 76.0 Å². The van der Waals surface area contributed by atoms with Crippen LogP contribution in [0, 0.1) is 11.3 Å². The van der Waals surface area contributed by atoms with Gasteiger partial charge in [0.15, 0.2) is 8.32 Å². The molecule has 2 aliphatic rings. The van der Waals surface area contributed by atoms with E-state index in [2.05, 4.69) is 48.7 Å². The monoisotopic (exact) mass is 514 g/mol. The van der Waals surface area contributed by atoms with E-state index in [1.54, 1.807) is 19.1 Å². The topological polar surface area (TPSA) is 134 Å². The summed E-state index contributed by atoms with van der Waals surface area (Å²) in [7, 11) is -2.02. The lowest BCUT2D eigenvalue weighted by molar-refractivity contribution is -0.107. The number of hydrogen-bond donors (Lipinski definition) is 3. The number of nitriles is 1. The first-order chi connectivity index (χ1) is 16.3. The highest BCUT2D eigenvalue weighted by Gasteiger charge is 2.66. The number of hydrogen-bond acceptors (Lipinski definition) is 9. The maximum absolute atomic E-state index is 11.5. The molecule has 0 radical (unpaired) electrons. The van der Waals surface area contributed by atoms with Crippen molar-refractivity contribution >= 4 is 31.1 Å². The third-order valence-corrected chi connectivity index (χ3v) is 13.2. The normalized spacial score (nSPS) is 25.8. The van der Waals surface area contributed by atoms with E-state index in [1.165, 1.54) is 4.57 Å². The summed E-state index contributed by atoms with van der Waals surface area (Å²) in [5, 5.41) is 43.3. The minimum absolute atomic E-state index is 0.0440. The Morgan fingerprint density at radius 2 is 1.89 bits per heavy atom. The zero-order valence-electron chi connectivity index (χ0n) is 20.7. The highest BCUT2D eigenvalue weighted by Crippen LogP contribution is 2.65. The van der Waals surface area contributed by atoms with Crippen molar-refractivity contribution in [2.75, 3.05) is 6.61 Å². The fourth-order valence-electron chi connectivity index (χ4n) is 5.16. The average molecular weight is 515 g/mol. The van der Waals surface area contributed by atoms with Gasteiger partial charge in [0, 0.05) is 19.4 Å². The number of aliphatic hydroxyl groups excluding tert-OH is 1. The fourth-order valence-corrected chi connectivity index (χ4v) is 6.77. The van der Waals surface area contributed by atoms with Crippen LogP contribution in [0.25, 0.3) is 16.7 Å². The molecule has 1 aromatic carbocycles. The first-order valence-electron chi connectivity index (χ1n) is 11.6. The molecule has 9 nitrogen and oxygen atoms in total. The van der Waals surface area contributed by atoms with Crippen LogP contribution in [0.3, 0.4) is 0 Å². The fraction of sp³-hybridized carbons (Fsp3) is 0.542. The minimum Gasteiger partial charge on any atom is -0.494 e. The molecule has 3 N–H and O–H groups in total. The van der Waals surface area contributed by atoms with Gasteiger partial charge in [0.25, 0.3) is 0 Å². The van der Waals surface area contributed by atoms with Crippen LogP contribution < -0.4 is 0 Å². The first-order valence-corrected chi connectivity index (χ1v) is 15.3. The third-order valence-electron chi connectivity index (χ3n) is 8.17. The molecule has 4 heterocycles. The molecule has 0 aliphatic carbocycles. The number of aromatic hydroxyl groups is 2. The van der Waals surface area contributed by atoms with E-state index in [-0.39, 0.29) is 23.2 Å². The van der Waals surface area contributed by atoms with Crippen molar-refractivity contribution in [1.82, 2.24) is 13.3 Å². The summed E-state index contributed by atoms with van der Waals surface area (Å²) in [6, 6.07) is 5.32. The lowest BCUT2D eigenvalue weighted by Crippen LogP contribution is -2.42. The molecule has 2 bridgehead atoms. The molecule has 2 unspecified atom stereocenters. The highest BCUT2D eigenvalue weighted by atomic mass is 32.1. The molecule has 2 aliphatic heterocycles. The summed E-state index contributed by atoms with van der Waals surface area (Å²) in [6.45, 7) is 13.0. The van der Waals surface area contributed by atoms with Gasteiger partial charge < -0.3 is 24.5 Å². The molecular weight excluding hydrogens is 484 g/mol. The molecule has 186 valence electrons. The Morgan fingerprint density at radius 3 is 2.54 bits per heavy atom. The van der Waals surface area contributed by atoms with E-state index in [1.807, 2.05) is 0 Å². The number of aliphatic hydroxyl groups is 1. The Balaban J connectivity index is 1.61.